The van der Waals surface area contributed by atoms with E-state index in [-0.39, 0.29) is 0 Å². The van der Waals surface area contributed by atoms with Crippen LogP contribution in [0.3, 0.4) is 0 Å². The molecule has 0 aliphatic carbocycles. The lowest BCUT2D eigenvalue weighted by molar-refractivity contribution is -0.131. The molecule has 0 radical (unpaired) electrons. The van der Waals surface area contributed by atoms with Gasteiger partial charge in [-0.25, -0.2) is 4.79 Å². The van der Waals surface area contributed by atoms with Crippen LogP contribution in [0.5, 0.6) is 0 Å². The van der Waals surface area contributed by atoms with Gasteiger partial charge < -0.3 is 5.11 Å². The molecular formula is C26H22N2O2. The minimum Gasteiger partial charge on any atom is -0.478 e. The van der Waals surface area contributed by atoms with E-state index < -0.39 is 5.97 Å². The summed E-state index contributed by atoms with van der Waals surface area (Å²) in [7, 11) is 0. The topological polar surface area (TPSA) is 66.0 Å². The Hall–Kier alpha value is -3.92. The molecule has 148 valence electrons. The maximum absolute atomic E-state index is 10.8. The fraction of sp³-hybridized carbons (Fsp3) is 0.0769. The molecule has 0 unspecified atom stereocenters. The molecule has 0 saturated heterocycles. The number of H-pyrrole nitrogens is 1. The van der Waals surface area contributed by atoms with Crippen LogP contribution < -0.4 is 0 Å². The summed E-state index contributed by atoms with van der Waals surface area (Å²) < 4.78 is 0. The van der Waals surface area contributed by atoms with E-state index in [0.29, 0.717) is 0 Å². The van der Waals surface area contributed by atoms with Crippen LogP contribution in [0.4, 0.5) is 0 Å². The highest BCUT2D eigenvalue weighted by Gasteiger charge is 2.16. The first-order valence-corrected chi connectivity index (χ1v) is 9.90. The molecule has 4 rings (SSSR count). The maximum Gasteiger partial charge on any atom is 0.328 e. The summed E-state index contributed by atoms with van der Waals surface area (Å²) in [6, 6.07) is 24.6. The summed E-state index contributed by atoms with van der Waals surface area (Å²) in [6.07, 6.45) is 5.49. The first-order valence-electron chi connectivity index (χ1n) is 9.90. The van der Waals surface area contributed by atoms with Gasteiger partial charge in [0.2, 0.25) is 0 Å². The molecule has 4 nitrogen and oxygen atoms in total. The SMILES string of the molecule is CC/C(=C(\c1ccc(C=CC(=O)O)cc1)c1cccc2[nH]ncc12)c1ccccc1. The van der Waals surface area contributed by atoms with Crippen LogP contribution in [0.25, 0.3) is 28.1 Å². The minimum atomic E-state index is -0.955. The number of nitrogens with one attached hydrogen (secondary N) is 1. The van der Waals surface area contributed by atoms with Crippen molar-refractivity contribution in [1.82, 2.24) is 10.2 Å². The lowest BCUT2D eigenvalue weighted by Gasteiger charge is -2.17. The number of hydrogen-bond donors (Lipinski definition) is 2. The molecule has 30 heavy (non-hydrogen) atoms. The molecule has 3 aromatic carbocycles. The number of nitrogens with zero attached hydrogens (tertiary/aromatic N) is 1. The zero-order valence-corrected chi connectivity index (χ0v) is 16.7. The first kappa shape index (κ1) is 19.4. The number of aliphatic carboxylic acids is 1. The van der Waals surface area contributed by atoms with Gasteiger partial charge in [-0.15, -0.1) is 0 Å². The van der Waals surface area contributed by atoms with Gasteiger partial charge in [-0.05, 0) is 52.0 Å². The normalized spacial score (nSPS) is 12.3. The number of carboxylic acid groups (broad SMARTS) is 1. The van der Waals surface area contributed by atoms with E-state index in [9.17, 15) is 4.79 Å². The highest BCUT2D eigenvalue weighted by atomic mass is 16.4. The number of fused-ring (bicyclic) bond motifs is 1. The van der Waals surface area contributed by atoms with Crippen molar-refractivity contribution in [3.8, 4) is 0 Å². The summed E-state index contributed by atoms with van der Waals surface area (Å²) in [5, 5.41) is 17.2. The molecule has 0 amide bonds. The molecule has 0 aliphatic rings. The van der Waals surface area contributed by atoms with Crippen molar-refractivity contribution in [3.63, 3.8) is 0 Å². The number of carboxylic acids is 1. The molecule has 2 N–H and O–H groups in total. The smallest absolute Gasteiger partial charge is 0.328 e. The van der Waals surface area contributed by atoms with Crippen LogP contribution in [0.1, 0.15) is 35.6 Å². The van der Waals surface area contributed by atoms with Gasteiger partial charge in [-0.2, -0.15) is 5.10 Å². The average Bonchev–Trinajstić information content (AvgIpc) is 3.26. The van der Waals surface area contributed by atoms with Gasteiger partial charge in [0.1, 0.15) is 0 Å². The number of allylic oxidation sites excluding steroid dienone is 1. The Morgan fingerprint density at radius 3 is 2.43 bits per heavy atom. The van der Waals surface area contributed by atoms with Gasteiger partial charge in [0.15, 0.2) is 0 Å². The van der Waals surface area contributed by atoms with Crippen LogP contribution in [0.2, 0.25) is 0 Å². The summed E-state index contributed by atoms with van der Waals surface area (Å²) in [6.45, 7) is 2.17. The van der Waals surface area contributed by atoms with Gasteiger partial charge in [0.25, 0.3) is 0 Å². The van der Waals surface area contributed by atoms with E-state index >= 15 is 0 Å². The molecule has 0 spiro atoms. The lowest BCUT2D eigenvalue weighted by Crippen LogP contribution is -1.96. The Labute approximate surface area is 175 Å². The third kappa shape index (κ3) is 3.94. The van der Waals surface area contributed by atoms with Gasteiger partial charge in [-0.1, -0.05) is 73.7 Å². The van der Waals surface area contributed by atoms with Gasteiger partial charge in [0.05, 0.1) is 11.7 Å². The van der Waals surface area contributed by atoms with Crippen molar-refractivity contribution in [2.75, 3.05) is 0 Å². The Balaban J connectivity index is 1.94. The third-order valence-corrected chi connectivity index (χ3v) is 5.15. The molecular weight excluding hydrogens is 372 g/mol. The average molecular weight is 394 g/mol. The largest absolute Gasteiger partial charge is 0.478 e. The monoisotopic (exact) mass is 394 g/mol. The lowest BCUT2D eigenvalue weighted by atomic mass is 9.86. The number of hydrogen-bond acceptors (Lipinski definition) is 2. The van der Waals surface area contributed by atoms with E-state index in [1.165, 1.54) is 11.1 Å². The fourth-order valence-corrected chi connectivity index (χ4v) is 3.77. The molecule has 0 saturated carbocycles. The van der Waals surface area contributed by atoms with Gasteiger partial charge in [-0.3, -0.25) is 5.10 Å². The van der Waals surface area contributed by atoms with Crippen molar-refractivity contribution in [3.05, 3.63) is 107 Å². The Morgan fingerprint density at radius 2 is 1.73 bits per heavy atom. The molecule has 0 bridgehead atoms. The van der Waals surface area contributed by atoms with E-state index in [2.05, 4.69) is 47.5 Å². The Kier molecular flexibility index (Phi) is 5.57. The van der Waals surface area contributed by atoms with Gasteiger partial charge in [0, 0.05) is 11.5 Å². The number of aromatic amines is 1. The minimum absolute atomic E-state index is 0.847. The van der Waals surface area contributed by atoms with Crippen molar-refractivity contribution in [2.45, 2.75) is 13.3 Å². The van der Waals surface area contributed by atoms with Crippen LogP contribution in [0, 0.1) is 0 Å². The summed E-state index contributed by atoms with van der Waals surface area (Å²) in [4.78, 5) is 10.8. The quantitative estimate of drug-likeness (QED) is 0.310. The first-order chi connectivity index (χ1) is 14.7. The van der Waals surface area contributed by atoms with Crippen LogP contribution >= 0.6 is 0 Å². The van der Waals surface area contributed by atoms with E-state index in [1.807, 2.05) is 48.7 Å². The zero-order chi connectivity index (χ0) is 20.9. The molecule has 1 aromatic heterocycles. The molecule has 0 fully saturated rings. The van der Waals surface area contributed by atoms with Crippen LogP contribution in [-0.2, 0) is 4.79 Å². The number of rotatable bonds is 6. The molecule has 0 aliphatic heterocycles. The highest BCUT2D eigenvalue weighted by molar-refractivity contribution is 6.05. The number of benzene rings is 3. The van der Waals surface area contributed by atoms with E-state index in [1.54, 1.807) is 6.08 Å². The number of carbonyl (C=O) groups is 1. The number of aromatic nitrogens is 2. The molecule has 4 aromatic rings. The van der Waals surface area contributed by atoms with Gasteiger partial charge >= 0.3 is 5.97 Å². The second-order valence-corrected chi connectivity index (χ2v) is 7.00. The van der Waals surface area contributed by atoms with Crippen LogP contribution in [0.15, 0.2) is 85.1 Å². The highest BCUT2D eigenvalue weighted by Crippen LogP contribution is 2.37. The Morgan fingerprint density at radius 1 is 0.967 bits per heavy atom. The van der Waals surface area contributed by atoms with Crippen molar-refractivity contribution in [2.24, 2.45) is 0 Å². The predicted molar refractivity (Wildman–Crippen MR) is 122 cm³/mol. The van der Waals surface area contributed by atoms with Crippen LogP contribution in [-0.4, -0.2) is 21.3 Å². The van der Waals surface area contributed by atoms with Crippen molar-refractivity contribution < 1.29 is 9.90 Å². The van der Waals surface area contributed by atoms with Crippen molar-refractivity contribution >= 4 is 34.1 Å². The van der Waals surface area contributed by atoms with E-state index in [0.717, 1.165) is 45.7 Å². The predicted octanol–water partition coefficient (Wildman–Crippen LogP) is 6.03. The zero-order valence-electron chi connectivity index (χ0n) is 16.7. The molecule has 4 heteroatoms. The molecule has 1 heterocycles. The summed E-state index contributed by atoms with van der Waals surface area (Å²) in [5.74, 6) is -0.955. The van der Waals surface area contributed by atoms with Crippen molar-refractivity contribution in [1.29, 1.82) is 0 Å². The van der Waals surface area contributed by atoms with E-state index in [4.69, 9.17) is 5.11 Å². The summed E-state index contributed by atoms with van der Waals surface area (Å²) in [5.41, 5.74) is 7.63. The molecule has 0 atom stereocenters. The summed E-state index contributed by atoms with van der Waals surface area (Å²) >= 11 is 0. The Bertz CT molecular complexity index is 1230. The fourth-order valence-electron chi connectivity index (χ4n) is 3.77. The third-order valence-electron chi connectivity index (χ3n) is 5.15. The second kappa shape index (κ2) is 8.62. The second-order valence-electron chi connectivity index (χ2n) is 7.00. The maximum atomic E-state index is 10.8. The standard InChI is InChI=1S/C26H22N2O2/c1-2-21(19-7-4-3-5-8-19)26(22-9-6-10-24-23(22)17-27-28-24)20-14-11-18(12-15-20)13-16-25(29)30/h3-17H,2H2,1H3,(H,27,28)(H,29,30)/b16-13?,26-21-.